The first kappa shape index (κ1) is 22.7. The van der Waals surface area contributed by atoms with Crippen molar-refractivity contribution in [2.24, 2.45) is 11.0 Å². The summed E-state index contributed by atoms with van der Waals surface area (Å²) in [4.78, 5) is 26.0. The number of hydrogen-bond donors (Lipinski definition) is 2. The molecule has 2 aromatic heterocycles. The zero-order chi connectivity index (χ0) is 23.4. The fraction of sp³-hybridized carbons (Fsp3) is 0.269. The number of benzene rings is 2. The Morgan fingerprint density at radius 1 is 1.06 bits per heavy atom. The number of rotatable bonds is 8. The Balaban J connectivity index is 1.46. The molecule has 0 aliphatic carbocycles. The van der Waals surface area contributed by atoms with E-state index >= 15 is 0 Å². The molecule has 2 N–H and O–H groups in total. The number of aromatic nitrogens is 1. The van der Waals surface area contributed by atoms with Crippen molar-refractivity contribution in [3.05, 3.63) is 70.4 Å². The predicted molar refractivity (Wildman–Crippen MR) is 136 cm³/mol. The number of thiophene rings is 1. The Hall–Kier alpha value is -3.45. The van der Waals surface area contributed by atoms with E-state index < -0.39 is 6.04 Å². The Kier molecular flexibility index (Phi) is 6.89. The molecule has 0 bridgehead atoms. The zero-order valence-corrected chi connectivity index (χ0v) is 19.9. The van der Waals surface area contributed by atoms with Crippen molar-refractivity contribution in [3.8, 4) is 0 Å². The Labute approximate surface area is 197 Å². The van der Waals surface area contributed by atoms with Gasteiger partial charge in [0.05, 0.1) is 12.6 Å². The minimum Gasteiger partial charge on any atom is -0.344 e. The van der Waals surface area contributed by atoms with Gasteiger partial charge in [0.2, 0.25) is 5.91 Å². The first-order chi connectivity index (χ1) is 16.0. The molecule has 33 heavy (non-hydrogen) atoms. The van der Waals surface area contributed by atoms with E-state index in [0.29, 0.717) is 0 Å². The molecule has 6 nitrogen and oxygen atoms in total. The number of nitrogens with zero attached hydrogens (tertiary/aromatic N) is 2. The normalized spacial score (nSPS) is 12.6. The van der Waals surface area contributed by atoms with Gasteiger partial charge in [0.25, 0.3) is 5.91 Å². The summed E-state index contributed by atoms with van der Waals surface area (Å²) in [5.41, 5.74) is 5.86. The highest BCUT2D eigenvalue weighted by Crippen LogP contribution is 2.29. The van der Waals surface area contributed by atoms with E-state index in [1.807, 2.05) is 43.5 Å². The lowest BCUT2D eigenvalue weighted by Crippen LogP contribution is -2.49. The zero-order valence-electron chi connectivity index (χ0n) is 19.0. The molecule has 0 radical (unpaired) electrons. The third-order valence-corrected chi connectivity index (χ3v) is 6.56. The molecule has 2 aromatic carbocycles. The number of hydrazone groups is 1. The smallest absolute Gasteiger partial charge is 0.262 e. The van der Waals surface area contributed by atoms with Crippen molar-refractivity contribution in [1.29, 1.82) is 0 Å². The molecule has 2 amide bonds. The summed E-state index contributed by atoms with van der Waals surface area (Å²) < 4.78 is 2.29. The SMILES string of the molecule is CCn1c2ccccc2c2cc(C=NNC(=O)C(NC(=O)Cc3cccs3)C(C)C)ccc21. The van der Waals surface area contributed by atoms with Crippen LogP contribution in [-0.4, -0.2) is 28.6 Å². The van der Waals surface area contributed by atoms with Crippen LogP contribution >= 0.6 is 11.3 Å². The van der Waals surface area contributed by atoms with Crippen LogP contribution in [0.1, 0.15) is 31.2 Å². The number of fused-ring (bicyclic) bond motifs is 3. The van der Waals surface area contributed by atoms with Gasteiger partial charge in [-0.15, -0.1) is 11.3 Å². The molecular weight excluding hydrogens is 432 g/mol. The van der Waals surface area contributed by atoms with Gasteiger partial charge in [-0.3, -0.25) is 9.59 Å². The van der Waals surface area contributed by atoms with Gasteiger partial charge < -0.3 is 9.88 Å². The van der Waals surface area contributed by atoms with Crippen LogP contribution in [0.3, 0.4) is 0 Å². The lowest BCUT2D eigenvalue weighted by molar-refractivity contribution is -0.129. The maximum atomic E-state index is 12.7. The monoisotopic (exact) mass is 460 g/mol. The maximum Gasteiger partial charge on any atom is 0.262 e. The number of hydrogen-bond acceptors (Lipinski definition) is 4. The summed E-state index contributed by atoms with van der Waals surface area (Å²) in [6.45, 7) is 6.83. The van der Waals surface area contributed by atoms with Crippen molar-refractivity contribution in [3.63, 3.8) is 0 Å². The summed E-state index contributed by atoms with van der Waals surface area (Å²) in [7, 11) is 0. The highest BCUT2D eigenvalue weighted by atomic mass is 32.1. The first-order valence-corrected chi connectivity index (χ1v) is 12.0. The molecule has 0 spiro atoms. The minimum absolute atomic E-state index is 0.0657. The van der Waals surface area contributed by atoms with E-state index in [9.17, 15) is 9.59 Å². The summed E-state index contributed by atoms with van der Waals surface area (Å²) in [5.74, 6) is -0.568. The fourth-order valence-corrected chi connectivity index (χ4v) is 4.77. The summed E-state index contributed by atoms with van der Waals surface area (Å²) in [5, 5.41) is 11.3. The van der Waals surface area contributed by atoms with Crippen LogP contribution < -0.4 is 10.7 Å². The third-order valence-electron chi connectivity index (χ3n) is 5.68. The second-order valence-corrected chi connectivity index (χ2v) is 9.35. The van der Waals surface area contributed by atoms with E-state index in [2.05, 4.69) is 57.7 Å². The second-order valence-electron chi connectivity index (χ2n) is 8.32. The van der Waals surface area contributed by atoms with E-state index in [1.54, 1.807) is 6.21 Å². The van der Waals surface area contributed by atoms with Crippen molar-refractivity contribution in [2.45, 2.75) is 39.8 Å². The summed E-state index contributed by atoms with van der Waals surface area (Å²) in [6.07, 6.45) is 1.91. The number of carbonyl (C=O) groups is 2. The molecule has 0 fully saturated rings. The van der Waals surface area contributed by atoms with Crippen LogP contribution in [0.25, 0.3) is 21.8 Å². The van der Waals surface area contributed by atoms with Crippen LogP contribution in [0.5, 0.6) is 0 Å². The van der Waals surface area contributed by atoms with Crippen molar-refractivity contribution < 1.29 is 9.59 Å². The molecule has 0 saturated carbocycles. The van der Waals surface area contributed by atoms with Crippen molar-refractivity contribution in [1.82, 2.24) is 15.3 Å². The van der Waals surface area contributed by atoms with Crippen LogP contribution in [0.4, 0.5) is 0 Å². The Bertz CT molecular complexity index is 1300. The Morgan fingerprint density at radius 3 is 2.58 bits per heavy atom. The van der Waals surface area contributed by atoms with Crippen molar-refractivity contribution in [2.75, 3.05) is 0 Å². The molecule has 1 atom stereocenters. The molecule has 4 rings (SSSR count). The molecule has 170 valence electrons. The maximum absolute atomic E-state index is 12.7. The van der Waals surface area contributed by atoms with Crippen LogP contribution in [0.2, 0.25) is 0 Å². The van der Waals surface area contributed by atoms with Gasteiger partial charge in [0.15, 0.2) is 0 Å². The van der Waals surface area contributed by atoms with E-state index in [4.69, 9.17) is 0 Å². The summed E-state index contributed by atoms with van der Waals surface area (Å²) >= 11 is 1.52. The standard InChI is InChI=1S/C26H28N4O2S/c1-4-30-22-10-6-5-9-20(22)21-14-18(11-12-23(21)30)16-27-29-26(32)25(17(2)3)28-24(31)15-19-8-7-13-33-19/h5-14,16-17,25H,4,15H2,1-3H3,(H,28,31)(H,29,32). The van der Waals surface area contributed by atoms with E-state index in [0.717, 1.165) is 22.4 Å². The molecule has 0 aliphatic rings. The van der Waals surface area contributed by atoms with Gasteiger partial charge in [-0.1, -0.05) is 44.2 Å². The minimum atomic E-state index is -0.653. The molecular formula is C26H28N4O2S. The average Bonchev–Trinajstić information content (AvgIpc) is 3.42. The van der Waals surface area contributed by atoms with Gasteiger partial charge in [0, 0.05) is 33.2 Å². The van der Waals surface area contributed by atoms with E-state index in [1.165, 1.54) is 27.8 Å². The Morgan fingerprint density at radius 2 is 1.85 bits per heavy atom. The van der Waals surface area contributed by atoms with Crippen LogP contribution in [0.15, 0.2) is 65.1 Å². The largest absolute Gasteiger partial charge is 0.344 e. The van der Waals surface area contributed by atoms with Gasteiger partial charge in [-0.2, -0.15) is 5.10 Å². The van der Waals surface area contributed by atoms with Gasteiger partial charge in [-0.25, -0.2) is 5.43 Å². The van der Waals surface area contributed by atoms with Crippen molar-refractivity contribution >= 4 is 51.2 Å². The molecule has 0 aliphatic heterocycles. The second kappa shape index (κ2) is 10.0. The quantitative estimate of drug-likeness (QED) is 0.295. The third kappa shape index (κ3) is 4.98. The molecule has 1 unspecified atom stereocenters. The molecule has 0 saturated heterocycles. The average molecular weight is 461 g/mol. The predicted octanol–water partition coefficient (Wildman–Crippen LogP) is 4.71. The van der Waals surface area contributed by atoms with E-state index in [-0.39, 0.29) is 24.2 Å². The highest BCUT2D eigenvalue weighted by molar-refractivity contribution is 7.10. The van der Waals surface area contributed by atoms with Gasteiger partial charge in [0.1, 0.15) is 6.04 Å². The molecule has 2 heterocycles. The lowest BCUT2D eigenvalue weighted by atomic mass is 10.0. The topological polar surface area (TPSA) is 75.5 Å². The number of nitrogens with one attached hydrogen (secondary N) is 2. The number of carbonyl (C=O) groups excluding carboxylic acids is 2. The molecule has 4 aromatic rings. The number of amides is 2. The summed E-state index contributed by atoms with van der Waals surface area (Å²) in [6, 6.07) is 17.7. The van der Waals surface area contributed by atoms with Gasteiger partial charge >= 0.3 is 0 Å². The number of aryl methyl sites for hydroxylation is 1. The molecule has 7 heteroatoms. The number of para-hydroxylation sites is 1. The first-order valence-electron chi connectivity index (χ1n) is 11.1. The van der Waals surface area contributed by atoms with Crippen LogP contribution in [0, 0.1) is 5.92 Å². The highest BCUT2D eigenvalue weighted by Gasteiger charge is 2.24. The fourth-order valence-electron chi connectivity index (χ4n) is 4.06. The van der Waals surface area contributed by atoms with Gasteiger partial charge in [-0.05, 0) is 48.1 Å². The lowest BCUT2D eigenvalue weighted by Gasteiger charge is -2.20. The van der Waals surface area contributed by atoms with Crippen LogP contribution in [-0.2, 0) is 22.6 Å².